The van der Waals surface area contributed by atoms with E-state index in [2.05, 4.69) is 43.1 Å². The molecule has 2 heterocycles. The summed E-state index contributed by atoms with van der Waals surface area (Å²) in [4.78, 5) is 9.36. The van der Waals surface area contributed by atoms with Gasteiger partial charge in [-0.05, 0) is 55.0 Å². The number of nitrogens with zero attached hydrogens (tertiary/aromatic N) is 2. The first-order valence-electron chi connectivity index (χ1n) is 9.42. The van der Waals surface area contributed by atoms with Crippen molar-refractivity contribution in [2.45, 2.75) is 58.3 Å². The lowest BCUT2D eigenvalue weighted by Crippen LogP contribution is -2.29. The third-order valence-corrected chi connectivity index (χ3v) is 5.11. The smallest absolute Gasteiger partial charge is 0.0664 e. The Balaban J connectivity index is 2.00. The maximum absolute atomic E-state index is 4.69. The molecule has 0 radical (unpaired) electrons. The Labute approximate surface area is 146 Å². The van der Waals surface area contributed by atoms with Gasteiger partial charge in [0.25, 0.3) is 0 Å². The second kappa shape index (κ2) is 8.23. The molecule has 1 aliphatic rings. The van der Waals surface area contributed by atoms with Gasteiger partial charge in [0.15, 0.2) is 0 Å². The van der Waals surface area contributed by atoms with Gasteiger partial charge in [-0.1, -0.05) is 50.8 Å². The monoisotopic (exact) mass is 320 g/mol. The van der Waals surface area contributed by atoms with Gasteiger partial charge in [0.1, 0.15) is 0 Å². The lowest BCUT2D eigenvalue weighted by atomic mass is 9.62. The Bertz CT molecular complexity index is 661. The van der Waals surface area contributed by atoms with Gasteiger partial charge >= 0.3 is 0 Å². The highest BCUT2D eigenvalue weighted by Crippen LogP contribution is 2.55. The van der Waals surface area contributed by atoms with Crippen LogP contribution >= 0.6 is 0 Å². The van der Waals surface area contributed by atoms with E-state index in [1.165, 1.54) is 55.5 Å². The lowest BCUT2D eigenvalue weighted by molar-refractivity contribution is 0.442. The van der Waals surface area contributed by atoms with Crippen LogP contribution in [0, 0.1) is 5.92 Å². The number of unbranched alkanes of at least 4 members (excludes halogenated alkanes) is 2. The summed E-state index contributed by atoms with van der Waals surface area (Å²) in [5.74, 6) is 1.06. The zero-order chi connectivity index (χ0) is 16.8. The summed E-state index contributed by atoms with van der Waals surface area (Å²) >= 11 is 0. The highest BCUT2D eigenvalue weighted by Gasteiger charge is 2.41. The summed E-state index contributed by atoms with van der Waals surface area (Å²) in [5.41, 5.74) is 5.50. The van der Waals surface area contributed by atoms with E-state index >= 15 is 0 Å². The molecule has 3 rings (SSSR count). The molecule has 2 aromatic rings. The molecule has 24 heavy (non-hydrogen) atoms. The molecule has 0 aromatic carbocycles. The van der Waals surface area contributed by atoms with Gasteiger partial charge in [-0.15, -0.1) is 0 Å². The zero-order valence-corrected chi connectivity index (χ0v) is 14.9. The fourth-order valence-corrected chi connectivity index (χ4v) is 3.93. The number of hydrogen-bond acceptors (Lipinski definition) is 2. The van der Waals surface area contributed by atoms with Gasteiger partial charge in [0, 0.05) is 24.0 Å². The van der Waals surface area contributed by atoms with Gasteiger partial charge in [0.05, 0.1) is 5.69 Å². The average Bonchev–Trinajstić information content (AvgIpc) is 2.62. The molecule has 0 saturated heterocycles. The molecule has 2 atom stereocenters. The van der Waals surface area contributed by atoms with Crippen LogP contribution in [0.3, 0.4) is 0 Å². The molecule has 1 aliphatic carbocycles. The summed E-state index contributed by atoms with van der Waals surface area (Å²) < 4.78 is 0. The Hall–Kier alpha value is -1.96. The van der Waals surface area contributed by atoms with E-state index in [1.54, 1.807) is 5.57 Å². The molecule has 0 unspecified atom stereocenters. The fraction of sp³-hybridized carbons (Fsp3) is 0.455. The van der Waals surface area contributed by atoms with Crippen molar-refractivity contribution in [3.63, 3.8) is 0 Å². The van der Waals surface area contributed by atoms with Gasteiger partial charge in [-0.3, -0.25) is 9.97 Å². The molecule has 0 N–H and O–H groups in total. The Morgan fingerprint density at radius 2 is 1.62 bits per heavy atom. The molecule has 0 amide bonds. The van der Waals surface area contributed by atoms with Crippen molar-refractivity contribution in [1.29, 1.82) is 0 Å². The Morgan fingerprint density at radius 1 is 0.875 bits per heavy atom. The first-order valence-corrected chi connectivity index (χ1v) is 9.42. The quantitative estimate of drug-likeness (QED) is 0.594. The normalized spacial score (nSPS) is 20.1. The van der Waals surface area contributed by atoms with E-state index < -0.39 is 0 Å². The molecular weight excluding hydrogens is 292 g/mol. The standard InChI is InChI=1S/C22H28N2/c1-3-5-11-17-21(19-13-7-9-15-23-19)18(12-6-4-2)22(17)20-14-8-10-16-24-20/h7-10,13-17,21H,3-6,11-12H2,1-2H3/t17-,21-/m1/s1. The predicted molar refractivity (Wildman–Crippen MR) is 101 cm³/mol. The van der Waals surface area contributed by atoms with Crippen LogP contribution in [0.4, 0.5) is 0 Å². The molecule has 0 aliphatic heterocycles. The summed E-state index contributed by atoms with van der Waals surface area (Å²) in [6, 6.07) is 12.6. The Morgan fingerprint density at radius 3 is 2.25 bits per heavy atom. The minimum Gasteiger partial charge on any atom is -0.261 e. The SMILES string of the molecule is CCCCC1=C(c2ccccn2)[C@H](CCCC)[C@H]1c1ccccn1. The van der Waals surface area contributed by atoms with Crippen molar-refractivity contribution in [1.82, 2.24) is 9.97 Å². The first-order chi connectivity index (χ1) is 11.9. The van der Waals surface area contributed by atoms with Crippen LogP contribution in [0.15, 0.2) is 54.4 Å². The Kier molecular flexibility index (Phi) is 5.79. The van der Waals surface area contributed by atoms with Crippen molar-refractivity contribution in [3.8, 4) is 0 Å². The number of aromatic nitrogens is 2. The van der Waals surface area contributed by atoms with E-state index in [-0.39, 0.29) is 0 Å². The molecule has 2 aromatic heterocycles. The molecule has 0 fully saturated rings. The molecule has 0 spiro atoms. The predicted octanol–water partition coefficient (Wildman–Crippen LogP) is 6.02. The van der Waals surface area contributed by atoms with Crippen LogP contribution in [0.2, 0.25) is 0 Å². The maximum atomic E-state index is 4.69. The van der Waals surface area contributed by atoms with Crippen molar-refractivity contribution < 1.29 is 0 Å². The van der Waals surface area contributed by atoms with E-state index in [9.17, 15) is 0 Å². The van der Waals surface area contributed by atoms with Crippen molar-refractivity contribution in [2.75, 3.05) is 0 Å². The topological polar surface area (TPSA) is 25.8 Å². The van der Waals surface area contributed by atoms with E-state index in [0.717, 1.165) is 0 Å². The van der Waals surface area contributed by atoms with Crippen LogP contribution in [0.5, 0.6) is 0 Å². The number of hydrogen-bond donors (Lipinski definition) is 0. The van der Waals surface area contributed by atoms with Crippen LogP contribution < -0.4 is 0 Å². The molecule has 0 bridgehead atoms. The summed E-state index contributed by atoms with van der Waals surface area (Å²) in [7, 11) is 0. The largest absolute Gasteiger partial charge is 0.261 e. The third-order valence-electron chi connectivity index (χ3n) is 5.11. The van der Waals surface area contributed by atoms with Crippen molar-refractivity contribution >= 4 is 5.57 Å². The number of pyridine rings is 2. The van der Waals surface area contributed by atoms with Gasteiger partial charge in [-0.25, -0.2) is 0 Å². The number of allylic oxidation sites excluding steroid dienone is 2. The van der Waals surface area contributed by atoms with Crippen LogP contribution in [0.25, 0.3) is 5.57 Å². The highest BCUT2D eigenvalue weighted by atomic mass is 14.7. The lowest BCUT2D eigenvalue weighted by Gasteiger charge is -2.42. The second-order valence-electron chi connectivity index (χ2n) is 6.74. The molecule has 2 nitrogen and oxygen atoms in total. The summed E-state index contributed by atoms with van der Waals surface area (Å²) in [6.45, 7) is 4.54. The maximum Gasteiger partial charge on any atom is 0.0664 e. The van der Waals surface area contributed by atoms with Gasteiger partial charge < -0.3 is 0 Å². The average molecular weight is 320 g/mol. The summed E-state index contributed by atoms with van der Waals surface area (Å²) in [5, 5.41) is 0. The fourth-order valence-electron chi connectivity index (χ4n) is 3.93. The minimum absolute atomic E-state index is 0.487. The van der Waals surface area contributed by atoms with Gasteiger partial charge in [-0.2, -0.15) is 0 Å². The molecule has 126 valence electrons. The molecular formula is C22H28N2. The minimum atomic E-state index is 0.487. The van der Waals surface area contributed by atoms with Crippen molar-refractivity contribution in [3.05, 3.63) is 65.8 Å². The second-order valence-corrected chi connectivity index (χ2v) is 6.74. The van der Waals surface area contributed by atoms with E-state index in [0.29, 0.717) is 11.8 Å². The highest BCUT2D eigenvalue weighted by molar-refractivity contribution is 5.77. The summed E-state index contributed by atoms with van der Waals surface area (Å²) in [6.07, 6.45) is 11.2. The van der Waals surface area contributed by atoms with Crippen LogP contribution in [-0.2, 0) is 0 Å². The van der Waals surface area contributed by atoms with Gasteiger partial charge in [0.2, 0.25) is 0 Å². The molecule has 0 saturated carbocycles. The zero-order valence-electron chi connectivity index (χ0n) is 14.9. The van der Waals surface area contributed by atoms with Crippen molar-refractivity contribution in [2.24, 2.45) is 5.92 Å². The first kappa shape index (κ1) is 16.9. The number of rotatable bonds is 8. The van der Waals surface area contributed by atoms with E-state index in [1.807, 2.05) is 24.5 Å². The van der Waals surface area contributed by atoms with Crippen LogP contribution in [-0.4, -0.2) is 9.97 Å². The van der Waals surface area contributed by atoms with E-state index in [4.69, 9.17) is 4.98 Å². The third kappa shape index (κ3) is 3.43. The molecule has 2 heteroatoms. The van der Waals surface area contributed by atoms with Crippen LogP contribution in [0.1, 0.15) is 69.7 Å².